The maximum absolute atomic E-state index is 11.2. The third-order valence-electron chi connectivity index (χ3n) is 4.03. The summed E-state index contributed by atoms with van der Waals surface area (Å²) in [4.78, 5) is 11.2. The van der Waals surface area contributed by atoms with Crippen molar-refractivity contribution in [2.45, 2.75) is 45.3 Å². The van der Waals surface area contributed by atoms with E-state index < -0.39 is 0 Å². The summed E-state index contributed by atoms with van der Waals surface area (Å²) in [6.45, 7) is 8.08. The zero-order valence-electron chi connectivity index (χ0n) is 12.4. The first kappa shape index (κ1) is 15.0. The number of nitrogens with two attached hydrogens (primary N) is 1. The van der Waals surface area contributed by atoms with Gasteiger partial charge < -0.3 is 9.31 Å². The monoisotopic (exact) mass is 276 g/mol. The largest absolute Gasteiger partial charge is 0.494 e. The average molecular weight is 276 g/mol. The molecule has 1 amide bonds. The van der Waals surface area contributed by atoms with Gasteiger partial charge in [0.15, 0.2) is 0 Å². The Balaban J connectivity index is 2.10. The van der Waals surface area contributed by atoms with E-state index in [0.717, 1.165) is 11.0 Å². The second-order valence-electron chi connectivity index (χ2n) is 6.07. The zero-order valence-corrected chi connectivity index (χ0v) is 12.4. The Labute approximate surface area is 119 Å². The molecule has 2 rings (SSSR count). The quantitative estimate of drug-likeness (QED) is 0.365. The first-order valence-corrected chi connectivity index (χ1v) is 6.69. The molecule has 0 atom stereocenters. The van der Waals surface area contributed by atoms with Gasteiger partial charge in [0.1, 0.15) is 0 Å². The molecule has 20 heavy (non-hydrogen) atoms. The molecule has 0 bridgehead atoms. The van der Waals surface area contributed by atoms with Crippen LogP contribution < -0.4 is 16.7 Å². The maximum atomic E-state index is 11.2. The van der Waals surface area contributed by atoms with Gasteiger partial charge in [-0.2, -0.15) is 0 Å². The van der Waals surface area contributed by atoms with E-state index >= 15 is 0 Å². The molecular formula is C14H21BN2O3. The summed E-state index contributed by atoms with van der Waals surface area (Å²) in [5.41, 5.74) is 3.26. The Morgan fingerprint density at radius 2 is 1.65 bits per heavy atom. The van der Waals surface area contributed by atoms with Crippen LogP contribution >= 0.6 is 0 Å². The minimum Gasteiger partial charge on any atom is -0.399 e. The normalized spacial score (nSPS) is 19.9. The number of hydrogen-bond acceptors (Lipinski definition) is 4. The number of hydrazine groups is 1. The van der Waals surface area contributed by atoms with E-state index in [9.17, 15) is 4.79 Å². The summed E-state index contributed by atoms with van der Waals surface area (Å²) in [5, 5.41) is 0. The summed E-state index contributed by atoms with van der Waals surface area (Å²) >= 11 is 0. The van der Waals surface area contributed by atoms with Crippen LogP contribution in [0, 0.1) is 0 Å². The molecule has 0 unspecified atom stereocenters. The van der Waals surface area contributed by atoms with Crippen LogP contribution in [0.15, 0.2) is 24.3 Å². The topological polar surface area (TPSA) is 73.6 Å². The summed E-state index contributed by atoms with van der Waals surface area (Å²) in [6.07, 6.45) is 0.264. The van der Waals surface area contributed by atoms with Crippen LogP contribution in [0.3, 0.4) is 0 Å². The van der Waals surface area contributed by atoms with E-state index in [0.29, 0.717) is 0 Å². The van der Waals surface area contributed by atoms with Crippen LogP contribution in [-0.2, 0) is 20.5 Å². The van der Waals surface area contributed by atoms with Crippen LogP contribution in [0.4, 0.5) is 0 Å². The van der Waals surface area contributed by atoms with Crippen LogP contribution in [0.2, 0.25) is 0 Å². The smallest absolute Gasteiger partial charge is 0.399 e. The lowest BCUT2D eigenvalue weighted by Crippen LogP contribution is -2.41. The fraction of sp³-hybridized carbons (Fsp3) is 0.500. The third-order valence-corrected chi connectivity index (χ3v) is 4.03. The second-order valence-corrected chi connectivity index (χ2v) is 6.07. The van der Waals surface area contributed by atoms with Crippen molar-refractivity contribution in [1.82, 2.24) is 5.43 Å². The fourth-order valence-corrected chi connectivity index (χ4v) is 2.01. The van der Waals surface area contributed by atoms with Crippen LogP contribution in [0.5, 0.6) is 0 Å². The lowest BCUT2D eigenvalue weighted by Gasteiger charge is -2.32. The van der Waals surface area contributed by atoms with Gasteiger partial charge >= 0.3 is 7.12 Å². The predicted molar refractivity (Wildman–Crippen MR) is 78.2 cm³/mol. The van der Waals surface area contributed by atoms with Crippen molar-refractivity contribution in [1.29, 1.82) is 0 Å². The van der Waals surface area contributed by atoms with E-state index in [1.807, 2.05) is 52.0 Å². The SMILES string of the molecule is CC1(C)OB(c2ccc(CC(=O)NN)cc2)OC1(C)C. The molecule has 1 aliphatic rings. The molecule has 0 radical (unpaired) electrons. The van der Waals surface area contributed by atoms with Gasteiger partial charge in [-0.25, -0.2) is 5.84 Å². The van der Waals surface area contributed by atoms with E-state index in [4.69, 9.17) is 15.2 Å². The number of hydrogen-bond donors (Lipinski definition) is 2. The van der Waals surface area contributed by atoms with Gasteiger partial charge in [-0.15, -0.1) is 0 Å². The molecule has 0 spiro atoms. The van der Waals surface area contributed by atoms with Crippen LogP contribution in [0.1, 0.15) is 33.3 Å². The minimum absolute atomic E-state index is 0.214. The van der Waals surface area contributed by atoms with Crippen molar-refractivity contribution >= 4 is 18.5 Å². The molecule has 108 valence electrons. The van der Waals surface area contributed by atoms with Crippen LogP contribution in [0.25, 0.3) is 0 Å². The van der Waals surface area contributed by atoms with E-state index in [1.54, 1.807) is 0 Å². The van der Waals surface area contributed by atoms with Crippen molar-refractivity contribution in [3.8, 4) is 0 Å². The Hall–Kier alpha value is -1.37. The molecule has 0 aliphatic carbocycles. The number of amides is 1. The molecule has 6 heteroatoms. The molecule has 1 saturated heterocycles. The molecule has 5 nitrogen and oxygen atoms in total. The summed E-state index contributed by atoms with van der Waals surface area (Å²) in [6, 6.07) is 7.60. The number of benzene rings is 1. The van der Waals surface area contributed by atoms with E-state index in [2.05, 4.69) is 5.43 Å². The summed E-state index contributed by atoms with van der Waals surface area (Å²) in [7, 11) is -0.377. The Kier molecular flexibility index (Phi) is 3.91. The highest BCUT2D eigenvalue weighted by Gasteiger charge is 2.51. The highest BCUT2D eigenvalue weighted by molar-refractivity contribution is 6.62. The molecule has 3 N–H and O–H groups in total. The molecule has 1 aliphatic heterocycles. The number of nitrogens with one attached hydrogen (secondary N) is 1. The van der Waals surface area contributed by atoms with Gasteiger partial charge in [0, 0.05) is 0 Å². The summed E-state index contributed by atoms with van der Waals surface area (Å²) in [5.74, 6) is 4.86. The second kappa shape index (κ2) is 5.20. The number of carbonyl (C=O) groups excluding carboxylic acids is 1. The van der Waals surface area contributed by atoms with E-state index in [1.165, 1.54) is 0 Å². The van der Waals surface area contributed by atoms with Gasteiger partial charge in [0.2, 0.25) is 5.91 Å². The van der Waals surface area contributed by atoms with Gasteiger partial charge in [0.25, 0.3) is 0 Å². The molecule has 0 aromatic heterocycles. The van der Waals surface area contributed by atoms with Crippen molar-refractivity contribution in [2.75, 3.05) is 0 Å². The Morgan fingerprint density at radius 1 is 1.15 bits per heavy atom. The lowest BCUT2D eigenvalue weighted by molar-refractivity contribution is -0.120. The minimum atomic E-state index is -0.377. The van der Waals surface area contributed by atoms with Crippen LogP contribution in [-0.4, -0.2) is 24.2 Å². The first-order valence-electron chi connectivity index (χ1n) is 6.69. The predicted octanol–water partition coefficient (Wildman–Crippen LogP) is 0.518. The highest BCUT2D eigenvalue weighted by Crippen LogP contribution is 2.36. The standard InChI is InChI=1S/C14H21BN2O3/c1-13(2)14(3,4)20-15(19-13)11-7-5-10(6-8-11)9-12(18)17-16/h5-8H,9,16H2,1-4H3,(H,17,18). The Morgan fingerprint density at radius 3 is 2.10 bits per heavy atom. The molecule has 0 saturated carbocycles. The highest BCUT2D eigenvalue weighted by atomic mass is 16.7. The molecule has 1 heterocycles. The molecule has 1 aromatic rings. The average Bonchev–Trinajstić information content (AvgIpc) is 2.59. The van der Waals surface area contributed by atoms with Crippen molar-refractivity contribution in [3.63, 3.8) is 0 Å². The van der Waals surface area contributed by atoms with Crippen molar-refractivity contribution < 1.29 is 14.1 Å². The Bertz CT molecular complexity index is 484. The summed E-state index contributed by atoms with van der Waals surface area (Å²) < 4.78 is 11.9. The van der Waals surface area contributed by atoms with Gasteiger partial charge in [-0.1, -0.05) is 24.3 Å². The van der Waals surface area contributed by atoms with Gasteiger partial charge in [-0.05, 0) is 38.7 Å². The zero-order chi connectivity index (χ0) is 15.0. The fourth-order valence-electron chi connectivity index (χ4n) is 2.01. The van der Waals surface area contributed by atoms with E-state index in [-0.39, 0.29) is 30.6 Å². The maximum Gasteiger partial charge on any atom is 0.494 e. The number of carbonyl (C=O) groups is 1. The first-order chi connectivity index (χ1) is 9.25. The van der Waals surface area contributed by atoms with Crippen molar-refractivity contribution in [3.05, 3.63) is 29.8 Å². The molecule has 1 fully saturated rings. The third kappa shape index (κ3) is 2.87. The number of rotatable bonds is 3. The van der Waals surface area contributed by atoms with Gasteiger partial charge in [0.05, 0.1) is 17.6 Å². The van der Waals surface area contributed by atoms with Crippen molar-refractivity contribution in [2.24, 2.45) is 5.84 Å². The molecule has 1 aromatic carbocycles. The lowest BCUT2D eigenvalue weighted by atomic mass is 9.79. The van der Waals surface area contributed by atoms with Gasteiger partial charge in [-0.3, -0.25) is 10.2 Å². The molecular weight excluding hydrogens is 255 g/mol.